The van der Waals surface area contributed by atoms with E-state index in [9.17, 15) is 14.4 Å². The van der Waals surface area contributed by atoms with Gasteiger partial charge in [0.1, 0.15) is 11.3 Å². The molecule has 0 spiro atoms. The Hall–Kier alpha value is -2.19. The maximum Gasteiger partial charge on any atom is 0.344 e. The first-order valence-corrected chi connectivity index (χ1v) is 8.72. The van der Waals surface area contributed by atoms with Crippen molar-refractivity contribution in [3.8, 4) is 0 Å². The lowest BCUT2D eigenvalue weighted by atomic mass is 10.1. The summed E-state index contributed by atoms with van der Waals surface area (Å²) in [6.45, 7) is 10.0. The minimum Gasteiger partial charge on any atom is -0.462 e. The second-order valence-corrected chi connectivity index (χ2v) is 6.51. The number of hydrogen-bond donors (Lipinski definition) is 1. The largest absolute Gasteiger partial charge is 0.462 e. The Morgan fingerprint density at radius 2 is 1.81 bits per heavy atom. The number of rotatable bonds is 6. The van der Waals surface area contributed by atoms with Crippen molar-refractivity contribution in [2.75, 3.05) is 31.6 Å². The summed E-state index contributed by atoms with van der Waals surface area (Å²) in [5, 5.41) is 2.60. The van der Waals surface area contributed by atoms with Crippen LogP contribution < -0.4 is 5.32 Å². The van der Waals surface area contributed by atoms with Gasteiger partial charge in [0.05, 0.1) is 30.9 Å². The molecule has 144 valence electrons. The molecule has 2 heterocycles. The van der Waals surface area contributed by atoms with E-state index in [1.165, 1.54) is 6.92 Å². The van der Waals surface area contributed by atoms with Gasteiger partial charge in [-0.2, -0.15) is 0 Å². The number of ether oxygens (including phenoxy) is 2. The number of nitrogens with one attached hydrogen (secondary N) is 1. The van der Waals surface area contributed by atoms with Crippen LogP contribution in [0.15, 0.2) is 4.42 Å². The third-order valence-corrected chi connectivity index (χ3v) is 4.03. The van der Waals surface area contributed by atoms with Crippen LogP contribution in [0.4, 0.5) is 5.88 Å². The summed E-state index contributed by atoms with van der Waals surface area (Å²) in [7, 11) is 0. The average Bonchev–Trinajstić information content (AvgIpc) is 2.82. The standard InChI is InChI=1S/C18H26N2O6/c1-6-24-18(23)16-15(12(4)21)13(5)26-17(16)19-14(22)9-20-7-10(2)25-11(3)8-20/h10-11H,6-9H2,1-5H3,(H,19,22)/t10-,11+. The Balaban J connectivity index is 2.17. The molecule has 0 aromatic carbocycles. The summed E-state index contributed by atoms with van der Waals surface area (Å²) in [5.74, 6) is -1.14. The molecule has 0 unspecified atom stereocenters. The molecule has 1 N–H and O–H groups in total. The maximum atomic E-state index is 12.4. The third-order valence-electron chi connectivity index (χ3n) is 4.03. The summed E-state index contributed by atoms with van der Waals surface area (Å²) in [6, 6.07) is 0. The van der Waals surface area contributed by atoms with Crippen molar-refractivity contribution in [3.63, 3.8) is 0 Å². The van der Waals surface area contributed by atoms with E-state index in [2.05, 4.69) is 5.32 Å². The van der Waals surface area contributed by atoms with Crippen LogP contribution in [0.2, 0.25) is 0 Å². The number of carbonyl (C=O) groups excluding carboxylic acids is 3. The Morgan fingerprint density at radius 1 is 1.19 bits per heavy atom. The lowest BCUT2D eigenvalue weighted by molar-refractivity contribution is -0.121. The van der Waals surface area contributed by atoms with Crippen molar-refractivity contribution in [2.45, 2.75) is 46.8 Å². The van der Waals surface area contributed by atoms with Crippen LogP contribution in [0.25, 0.3) is 0 Å². The smallest absolute Gasteiger partial charge is 0.344 e. The van der Waals surface area contributed by atoms with Crippen molar-refractivity contribution in [1.29, 1.82) is 0 Å². The van der Waals surface area contributed by atoms with Gasteiger partial charge in [0.25, 0.3) is 0 Å². The zero-order valence-electron chi connectivity index (χ0n) is 15.9. The molecule has 1 aromatic rings. The van der Waals surface area contributed by atoms with Crippen LogP contribution in [-0.2, 0) is 14.3 Å². The second-order valence-electron chi connectivity index (χ2n) is 6.51. The van der Waals surface area contributed by atoms with E-state index >= 15 is 0 Å². The molecule has 1 saturated heterocycles. The first-order valence-electron chi connectivity index (χ1n) is 8.72. The van der Waals surface area contributed by atoms with E-state index in [0.29, 0.717) is 13.1 Å². The topological polar surface area (TPSA) is 98.1 Å². The highest BCUT2D eigenvalue weighted by atomic mass is 16.5. The van der Waals surface area contributed by atoms with Crippen LogP contribution >= 0.6 is 0 Å². The summed E-state index contributed by atoms with van der Waals surface area (Å²) >= 11 is 0. The number of amides is 1. The predicted molar refractivity (Wildman–Crippen MR) is 94.5 cm³/mol. The quantitative estimate of drug-likeness (QED) is 0.607. The minimum atomic E-state index is -0.696. The van der Waals surface area contributed by atoms with Gasteiger partial charge in [0.2, 0.25) is 11.8 Å². The van der Waals surface area contributed by atoms with Gasteiger partial charge in [-0.25, -0.2) is 4.79 Å². The molecule has 0 radical (unpaired) electrons. The molecule has 2 rings (SSSR count). The highest BCUT2D eigenvalue weighted by molar-refractivity contribution is 6.10. The predicted octanol–water partition coefficient (Wildman–Crippen LogP) is 2.02. The van der Waals surface area contributed by atoms with Crippen molar-refractivity contribution in [3.05, 3.63) is 16.9 Å². The van der Waals surface area contributed by atoms with Crippen molar-refractivity contribution < 1.29 is 28.3 Å². The number of Topliss-reactive ketones (excluding diaryl/α,β-unsaturated/α-hetero) is 1. The number of anilines is 1. The highest BCUT2D eigenvalue weighted by Crippen LogP contribution is 2.28. The molecule has 1 aliphatic heterocycles. The lowest BCUT2D eigenvalue weighted by Gasteiger charge is -2.34. The van der Waals surface area contributed by atoms with Gasteiger partial charge in [-0.05, 0) is 34.6 Å². The SMILES string of the molecule is CCOC(=O)c1c(NC(=O)CN2C[C@@H](C)O[C@@H](C)C2)oc(C)c1C(C)=O. The normalized spacial score (nSPS) is 20.7. The second kappa shape index (κ2) is 8.46. The van der Waals surface area contributed by atoms with E-state index in [-0.39, 0.29) is 59.8 Å². The number of ketones is 1. The van der Waals surface area contributed by atoms with Crippen molar-refractivity contribution >= 4 is 23.5 Å². The van der Waals surface area contributed by atoms with E-state index in [1.54, 1.807) is 13.8 Å². The number of esters is 1. The summed E-state index contributed by atoms with van der Waals surface area (Å²) in [6.07, 6.45) is 0.0774. The van der Waals surface area contributed by atoms with E-state index in [0.717, 1.165) is 0 Å². The highest BCUT2D eigenvalue weighted by Gasteiger charge is 2.30. The van der Waals surface area contributed by atoms with Crippen LogP contribution in [-0.4, -0.2) is 61.0 Å². The van der Waals surface area contributed by atoms with Crippen LogP contribution in [0.3, 0.4) is 0 Å². The molecule has 1 aliphatic rings. The molecule has 26 heavy (non-hydrogen) atoms. The Bertz CT molecular complexity index is 686. The molecular weight excluding hydrogens is 340 g/mol. The fraction of sp³-hybridized carbons (Fsp3) is 0.611. The van der Waals surface area contributed by atoms with Gasteiger partial charge in [-0.15, -0.1) is 0 Å². The molecule has 0 saturated carbocycles. The van der Waals surface area contributed by atoms with E-state index in [4.69, 9.17) is 13.9 Å². The zero-order chi connectivity index (χ0) is 19.4. The van der Waals surface area contributed by atoms with Crippen LogP contribution in [0, 0.1) is 6.92 Å². The van der Waals surface area contributed by atoms with Crippen molar-refractivity contribution in [2.24, 2.45) is 0 Å². The van der Waals surface area contributed by atoms with Gasteiger partial charge >= 0.3 is 5.97 Å². The molecule has 1 aromatic heterocycles. The van der Waals surface area contributed by atoms with E-state index in [1.807, 2.05) is 18.7 Å². The van der Waals surface area contributed by atoms with Crippen molar-refractivity contribution in [1.82, 2.24) is 4.90 Å². The number of morpholine rings is 1. The maximum absolute atomic E-state index is 12.4. The molecule has 1 amide bonds. The number of hydrogen-bond acceptors (Lipinski definition) is 7. The van der Waals surface area contributed by atoms with Gasteiger partial charge < -0.3 is 13.9 Å². The van der Waals surface area contributed by atoms with Gasteiger partial charge in [-0.3, -0.25) is 19.8 Å². The van der Waals surface area contributed by atoms with Gasteiger partial charge in [-0.1, -0.05) is 0 Å². The molecule has 8 heteroatoms. The van der Waals surface area contributed by atoms with Gasteiger partial charge in [0.15, 0.2) is 5.78 Å². The number of aryl methyl sites for hydroxylation is 1. The fourth-order valence-electron chi connectivity index (χ4n) is 3.24. The monoisotopic (exact) mass is 366 g/mol. The molecule has 8 nitrogen and oxygen atoms in total. The van der Waals surface area contributed by atoms with Crippen LogP contribution in [0.1, 0.15) is 54.2 Å². The Morgan fingerprint density at radius 3 is 2.35 bits per heavy atom. The third kappa shape index (κ3) is 4.70. The molecule has 0 aliphatic carbocycles. The molecule has 0 bridgehead atoms. The van der Waals surface area contributed by atoms with Gasteiger partial charge in [0, 0.05) is 13.1 Å². The molecule has 1 fully saturated rings. The van der Waals surface area contributed by atoms with Crippen LogP contribution in [0.5, 0.6) is 0 Å². The average molecular weight is 366 g/mol. The summed E-state index contributed by atoms with van der Waals surface area (Å²) < 4.78 is 16.1. The Kier molecular flexibility index (Phi) is 6.55. The molecular formula is C18H26N2O6. The van der Waals surface area contributed by atoms with E-state index < -0.39 is 5.97 Å². The number of nitrogens with zero attached hydrogens (tertiary/aromatic N) is 1. The minimum absolute atomic E-state index is 0.0334. The summed E-state index contributed by atoms with van der Waals surface area (Å²) in [4.78, 5) is 38.5. The number of furan rings is 1. The lowest BCUT2D eigenvalue weighted by Crippen LogP contribution is -2.48. The summed E-state index contributed by atoms with van der Waals surface area (Å²) in [5.41, 5.74) is 0.0984. The zero-order valence-corrected chi connectivity index (χ0v) is 15.9. The molecule has 2 atom stereocenters. The number of carbonyl (C=O) groups is 3. The Labute approximate surface area is 152 Å². The fourth-order valence-corrected chi connectivity index (χ4v) is 3.24. The first-order chi connectivity index (χ1) is 12.2. The first kappa shape index (κ1) is 20.1.